The Bertz CT molecular complexity index is 706. The third-order valence-electron chi connectivity index (χ3n) is 4.23. The molecular weight excluding hydrogens is 362 g/mol. The van der Waals surface area contributed by atoms with Gasteiger partial charge in [0, 0.05) is 39.0 Å². The summed E-state index contributed by atoms with van der Waals surface area (Å²) in [5.74, 6) is 0.227. The number of amides is 3. The first-order valence-corrected chi connectivity index (χ1v) is 9.38. The van der Waals surface area contributed by atoms with Gasteiger partial charge in [0.15, 0.2) is 0 Å². The van der Waals surface area contributed by atoms with Crippen LogP contribution in [-0.2, 0) is 14.3 Å². The summed E-state index contributed by atoms with van der Waals surface area (Å²) in [5.41, 5.74) is 0.0344. The van der Waals surface area contributed by atoms with E-state index in [0.29, 0.717) is 37.6 Å². The van der Waals surface area contributed by atoms with E-state index in [1.807, 2.05) is 26.8 Å². The zero-order valence-electron chi connectivity index (χ0n) is 17.0. The summed E-state index contributed by atoms with van der Waals surface area (Å²) in [7, 11) is 1.53. The number of nitrogens with zero attached hydrogens (tertiary/aromatic N) is 2. The number of methoxy groups -OCH3 is 1. The molecular formula is C20H29N3O5. The fourth-order valence-corrected chi connectivity index (χ4v) is 2.80. The first kappa shape index (κ1) is 21.5. The number of piperazine rings is 1. The van der Waals surface area contributed by atoms with Gasteiger partial charge in [-0.1, -0.05) is 12.1 Å². The number of hydrogen-bond acceptors (Lipinski definition) is 5. The lowest BCUT2D eigenvalue weighted by Crippen LogP contribution is -2.51. The van der Waals surface area contributed by atoms with Crippen LogP contribution in [0.4, 0.5) is 10.5 Å². The van der Waals surface area contributed by atoms with Crippen molar-refractivity contribution in [3.63, 3.8) is 0 Å². The summed E-state index contributed by atoms with van der Waals surface area (Å²) in [6.07, 6.45) is -0.160. The van der Waals surface area contributed by atoms with Crippen LogP contribution in [0.2, 0.25) is 0 Å². The molecule has 0 aromatic heterocycles. The molecule has 1 saturated heterocycles. The number of para-hydroxylation sites is 2. The van der Waals surface area contributed by atoms with Crippen molar-refractivity contribution >= 4 is 23.6 Å². The zero-order chi connectivity index (χ0) is 20.7. The van der Waals surface area contributed by atoms with E-state index < -0.39 is 5.60 Å². The van der Waals surface area contributed by atoms with Crippen LogP contribution in [0.5, 0.6) is 5.75 Å². The highest BCUT2D eigenvalue weighted by molar-refractivity contribution is 5.94. The van der Waals surface area contributed by atoms with Crippen molar-refractivity contribution in [1.29, 1.82) is 0 Å². The molecule has 8 nitrogen and oxygen atoms in total. The first-order chi connectivity index (χ1) is 13.2. The van der Waals surface area contributed by atoms with Gasteiger partial charge in [0.05, 0.1) is 12.8 Å². The number of hydrogen-bond donors (Lipinski definition) is 1. The molecule has 0 bridgehead atoms. The Morgan fingerprint density at radius 1 is 1.00 bits per heavy atom. The number of carbonyl (C=O) groups is 3. The number of nitrogens with one attached hydrogen (secondary N) is 1. The normalized spacial score (nSPS) is 14.4. The lowest BCUT2D eigenvalue weighted by molar-refractivity contribution is -0.134. The van der Waals surface area contributed by atoms with E-state index in [-0.39, 0.29) is 30.7 Å². The zero-order valence-corrected chi connectivity index (χ0v) is 17.0. The summed E-state index contributed by atoms with van der Waals surface area (Å²) in [4.78, 5) is 39.9. The Morgan fingerprint density at radius 2 is 1.61 bits per heavy atom. The minimum Gasteiger partial charge on any atom is -0.495 e. The van der Waals surface area contributed by atoms with Crippen LogP contribution in [0.25, 0.3) is 0 Å². The number of rotatable bonds is 5. The Kier molecular flexibility index (Phi) is 7.25. The third kappa shape index (κ3) is 6.44. The molecule has 0 aliphatic carbocycles. The third-order valence-corrected chi connectivity index (χ3v) is 4.23. The molecule has 1 N–H and O–H groups in total. The highest BCUT2D eigenvalue weighted by Gasteiger charge is 2.27. The largest absolute Gasteiger partial charge is 0.495 e. The van der Waals surface area contributed by atoms with E-state index in [1.165, 1.54) is 7.11 Å². The van der Waals surface area contributed by atoms with Crippen LogP contribution >= 0.6 is 0 Å². The van der Waals surface area contributed by atoms with Gasteiger partial charge in [0.25, 0.3) is 0 Å². The van der Waals surface area contributed by atoms with Gasteiger partial charge in [0.2, 0.25) is 11.8 Å². The standard InChI is InChI=1S/C20H29N3O5/c1-20(2,3)28-19(26)23-13-11-22(12-14-23)18(25)10-9-17(24)21-15-7-5-6-8-16(15)27-4/h5-8H,9-14H2,1-4H3,(H,21,24). The van der Waals surface area contributed by atoms with Gasteiger partial charge in [-0.3, -0.25) is 9.59 Å². The Morgan fingerprint density at radius 3 is 2.21 bits per heavy atom. The maximum atomic E-state index is 12.4. The van der Waals surface area contributed by atoms with Gasteiger partial charge in [-0.05, 0) is 32.9 Å². The van der Waals surface area contributed by atoms with E-state index in [1.54, 1.807) is 28.0 Å². The number of ether oxygens (including phenoxy) is 2. The first-order valence-electron chi connectivity index (χ1n) is 9.38. The van der Waals surface area contributed by atoms with Crippen LogP contribution in [0, 0.1) is 0 Å². The molecule has 8 heteroatoms. The molecule has 3 amide bonds. The highest BCUT2D eigenvalue weighted by atomic mass is 16.6. The Hall–Kier alpha value is -2.77. The summed E-state index contributed by atoms with van der Waals surface area (Å²) in [6, 6.07) is 7.11. The van der Waals surface area contributed by atoms with Crippen LogP contribution in [-0.4, -0.2) is 66.6 Å². The molecule has 1 aliphatic rings. The number of carbonyl (C=O) groups excluding carboxylic acids is 3. The average Bonchev–Trinajstić information content (AvgIpc) is 2.65. The van der Waals surface area contributed by atoms with Crippen LogP contribution < -0.4 is 10.1 Å². The van der Waals surface area contributed by atoms with Gasteiger partial charge in [-0.15, -0.1) is 0 Å². The Balaban J connectivity index is 1.75. The fraction of sp³-hybridized carbons (Fsp3) is 0.550. The lowest BCUT2D eigenvalue weighted by Gasteiger charge is -2.35. The molecule has 0 radical (unpaired) electrons. The molecule has 1 heterocycles. The van der Waals surface area contributed by atoms with Gasteiger partial charge in [-0.25, -0.2) is 4.79 Å². The van der Waals surface area contributed by atoms with Crippen molar-refractivity contribution in [2.24, 2.45) is 0 Å². The SMILES string of the molecule is COc1ccccc1NC(=O)CCC(=O)N1CCN(C(=O)OC(C)(C)C)CC1. The molecule has 1 fully saturated rings. The van der Waals surface area contributed by atoms with Gasteiger partial charge >= 0.3 is 6.09 Å². The monoisotopic (exact) mass is 391 g/mol. The number of anilines is 1. The molecule has 1 aromatic carbocycles. The maximum Gasteiger partial charge on any atom is 0.410 e. The Labute approximate surface area is 165 Å². The van der Waals surface area contributed by atoms with E-state index in [2.05, 4.69) is 5.32 Å². The molecule has 0 atom stereocenters. The smallest absolute Gasteiger partial charge is 0.410 e. The van der Waals surface area contributed by atoms with Crippen molar-refractivity contribution in [3.8, 4) is 5.75 Å². The van der Waals surface area contributed by atoms with E-state index in [9.17, 15) is 14.4 Å². The van der Waals surface area contributed by atoms with Gasteiger partial charge in [-0.2, -0.15) is 0 Å². The summed E-state index contributed by atoms with van der Waals surface area (Å²) >= 11 is 0. The summed E-state index contributed by atoms with van der Waals surface area (Å²) < 4.78 is 10.5. The van der Waals surface area contributed by atoms with Crippen molar-refractivity contribution in [3.05, 3.63) is 24.3 Å². The van der Waals surface area contributed by atoms with Gasteiger partial charge in [0.1, 0.15) is 11.4 Å². The maximum absolute atomic E-state index is 12.4. The molecule has 1 aliphatic heterocycles. The quantitative estimate of drug-likeness (QED) is 0.833. The predicted octanol–water partition coefficient (Wildman–Crippen LogP) is 2.49. The topological polar surface area (TPSA) is 88.2 Å². The summed E-state index contributed by atoms with van der Waals surface area (Å²) in [5, 5.41) is 2.76. The lowest BCUT2D eigenvalue weighted by atomic mass is 10.2. The van der Waals surface area contributed by atoms with Crippen molar-refractivity contribution in [2.45, 2.75) is 39.2 Å². The predicted molar refractivity (Wildman–Crippen MR) is 105 cm³/mol. The minimum absolute atomic E-state index is 0.0865. The molecule has 0 spiro atoms. The van der Waals surface area contributed by atoms with Crippen molar-refractivity contribution in [2.75, 3.05) is 38.6 Å². The fourth-order valence-electron chi connectivity index (χ4n) is 2.80. The second kappa shape index (κ2) is 9.43. The van der Waals surface area contributed by atoms with Crippen LogP contribution in [0.3, 0.4) is 0 Å². The van der Waals surface area contributed by atoms with Gasteiger partial charge < -0.3 is 24.6 Å². The van der Waals surface area contributed by atoms with Crippen molar-refractivity contribution in [1.82, 2.24) is 9.80 Å². The van der Waals surface area contributed by atoms with Crippen LogP contribution in [0.15, 0.2) is 24.3 Å². The average molecular weight is 391 g/mol. The molecule has 0 unspecified atom stereocenters. The second-order valence-corrected chi connectivity index (χ2v) is 7.60. The van der Waals surface area contributed by atoms with Crippen LogP contribution in [0.1, 0.15) is 33.6 Å². The second-order valence-electron chi connectivity index (χ2n) is 7.60. The van der Waals surface area contributed by atoms with E-state index >= 15 is 0 Å². The minimum atomic E-state index is -0.543. The summed E-state index contributed by atoms with van der Waals surface area (Å²) in [6.45, 7) is 7.18. The number of benzene rings is 1. The van der Waals surface area contributed by atoms with E-state index in [4.69, 9.17) is 9.47 Å². The molecule has 0 saturated carbocycles. The molecule has 2 rings (SSSR count). The molecule has 28 heavy (non-hydrogen) atoms. The highest BCUT2D eigenvalue weighted by Crippen LogP contribution is 2.23. The van der Waals surface area contributed by atoms with E-state index in [0.717, 1.165) is 0 Å². The molecule has 154 valence electrons. The molecule has 1 aromatic rings. The van der Waals surface area contributed by atoms with Crippen molar-refractivity contribution < 1.29 is 23.9 Å².